The molecule has 0 spiro atoms. The number of halogens is 3. The SMILES string of the molecule is O=C(OC(C(=O)O)C(F)(F)F)c1ccccc1. The van der Waals surface area contributed by atoms with E-state index in [4.69, 9.17) is 5.11 Å². The van der Waals surface area contributed by atoms with Crippen LogP contribution in [0.5, 0.6) is 0 Å². The van der Waals surface area contributed by atoms with Gasteiger partial charge in [0.1, 0.15) is 0 Å². The molecule has 1 unspecified atom stereocenters. The average Bonchev–Trinajstić information content (AvgIpc) is 2.24. The first-order valence-corrected chi connectivity index (χ1v) is 4.38. The maximum Gasteiger partial charge on any atom is 0.436 e. The average molecular weight is 248 g/mol. The van der Waals surface area contributed by atoms with Crippen LogP contribution < -0.4 is 0 Å². The zero-order valence-corrected chi connectivity index (χ0v) is 8.27. The van der Waals surface area contributed by atoms with Crippen LogP contribution in [0, 0.1) is 0 Å². The van der Waals surface area contributed by atoms with E-state index in [0.29, 0.717) is 0 Å². The normalized spacial score (nSPS) is 12.9. The van der Waals surface area contributed by atoms with Crippen LogP contribution in [0.1, 0.15) is 10.4 Å². The lowest BCUT2D eigenvalue weighted by molar-refractivity contribution is -0.214. The van der Waals surface area contributed by atoms with Crippen LogP contribution in [0.25, 0.3) is 0 Å². The molecule has 0 saturated carbocycles. The van der Waals surface area contributed by atoms with Crippen LogP contribution in [-0.2, 0) is 9.53 Å². The van der Waals surface area contributed by atoms with Gasteiger partial charge in [-0.1, -0.05) is 18.2 Å². The number of hydrogen-bond donors (Lipinski definition) is 1. The zero-order chi connectivity index (χ0) is 13.1. The molecule has 4 nitrogen and oxygen atoms in total. The summed E-state index contributed by atoms with van der Waals surface area (Å²) in [7, 11) is 0. The molecule has 1 atom stereocenters. The summed E-state index contributed by atoms with van der Waals surface area (Å²) in [6, 6.07) is 6.82. The van der Waals surface area contributed by atoms with Gasteiger partial charge in [0, 0.05) is 0 Å². The number of ether oxygens (including phenoxy) is 1. The van der Waals surface area contributed by atoms with Gasteiger partial charge in [0.2, 0.25) is 0 Å². The van der Waals surface area contributed by atoms with E-state index in [1.165, 1.54) is 24.3 Å². The minimum absolute atomic E-state index is 0.150. The minimum Gasteiger partial charge on any atom is -0.478 e. The Labute approximate surface area is 93.6 Å². The van der Waals surface area contributed by atoms with Gasteiger partial charge in [-0.3, -0.25) is 0 Å². The zero-order valence-electron chi connectivity index (χ0n) is 8.27. The Morgan fingerprint density at radius 3 is 2.12 bits per heavy atom. The van der Waals surface area contributed by atoms with Crippen molar-refractivity contribution in [3.63, 3.8) is 0 Å². The first-order chi connectivity index (χ1) is 7.82. The molecular formula is C10H7F3O4. The number of esters is 1. The Kier molecular flexibility index (Phi) is 3.72. The maximum atomic E-state index is 12.2. The third kappa shape index (κ3) is 3.47. The standard InChI is InChI=1S/C10H7F3O4/c11-10(12,13)7(8(14)15)17-9(16)6-4-2-1-3-5-6/h1-5,7H,(H,14,15). The molecule has 0 aliphatic rings. The van der Waals surface area contributed by atoms with Gasteiger partial charge in [-0.15, -0.1) is 0 Å². The number of aliphatic carboxylic acids is 1. The molecular weight excluding hydrogens is 241 g/mol. The highest BCUT2D eigenvalue weighted by Crippen LogP contribution is 2.24. The molecule has 17 heavy (non-hydrogen) atoms. The lowest BCUT2D eigenvalue weighted by Gasteiger charge is -2.16. The van der Waals surface area contributed by atoms with Gasteiger partial charge in [-0.05, 0) is 12.1 Å². The van der Waals surface area contributed by atoms with E-state index < -0.39 is 24.2 Å². The van der Waals surface area contributed by atoms with Gasteiger partial charge in [0.15, 0.2) is 0 Å². The highest BCUT2D eigenvalue weighted by molar-refractivity contribution is 5.91. The molecule has 0 bridgehead atoms. The molecule has 0 amide bonds. The molecule has 7 heteroatoms. The summed E-state index contributed by atoms with van der Waals surface area (Å²) in [5, 5.41) is 8.31. The molecule has 0 aromatic heterocycles. The summed E-state index contributed by atoms with van der Waals surface area (Å²) in [5.41, 5.74) is -0.150. The van der Waals surface area contributed by atoms with Crippen LogP contribution in [0.2, 0.25) is 0 Å². The van der Waals surface area contributed by atoms with Gasteiger partial charge in [-0.2, -0.15) is 13.2 Å². The second-order valence-electron chi connectivity index (χ2n) is 3.03. The first kappa shape index (κ1) is 13.0. The monoisotopic (exact) mass is 248 g/mol. The molecule has 1 N–H and O–H groups in total. The summed E-state index contributed by atoms with van der Waals surface area (Å²) in [5.74, 6) is -3.60. The molecule has 0 aliphatic heterocycles. The van der Waals surface area contributed by atoms with Crippen LogP contribution in [-0.4, -0.2) is 29.3 Å². The molecule has 1 aromatic carbocycles. The number of carbonyl (C=O) groups excluding carboxylic acids is 1. The summed E-state index contributed by atoms with van der Waals surface area (Å²) < 4.78 is 40.5. The Balaban J connectivity index is 2.83. The lowest BCUT2D eigenvalue weighted by Crippen LogP contribution is -2.40. The summed E-state index contributed by atoms with van der Waals surface area (Å²) in [6.45, 7) is 0. The van der Waals surface area contributed by atoms with Crippen LogP contribution >= 0.6 is 0 Å². The van der Waals surface area contributed by atoms with Crippen molar-refractivity contribution in [2.45, 2.75) is 12.3 Å². The van der Waals surface area contributed by atoms with Crippen molar-refractivity contribution >= 4 is 11.9 Å². The van der Waals surface area contributed by atoms with Gasteiger partial charge in [0.05, 0.1) is 5.56 Å². The molecule has 0 saturated heterocycles. The molecule has 0 fully saturated rings. The van der Waals surface area contributed by atoms with Crippen LogP contribution in [0.3, 0.4) is 0 Å². The van der Waals surface area contributed by atoms with Gasteiger partial charge < -0.3 is 9.84 Å². The topological polar surface area (TPSA) is 63.6 Å². The fourth-order valence-corrected chi connectivity index (χ4v) is 1.01. The van der Waals surface area contributed by atoms with Crippen molar-refractivity contribution in [2.24, 2.45) is 0 Å². The van der Waals surface area contributed by atoms with E-state index in [9.17, 15) is 22.8 Å². The highest BCUT2D eigenvalue weighted by Gasteiger charge is 2.48. The lowest BCUT2D eigenvalue weighted by atomic mass is 10.2. The number of carboxylic acids is 1. The van der Waals surface area contributed by atoms with E-state index >= 15 is 0 Å². The summed E-state index contributed by atoms with van der Waals surface area (Å²) >= 11 is 0. The number of hydrogen-bond acceptors (Lipinski definition) is 3. The van der Waals surface area contributed by atoms with Crippen LogP contribution in [0.15, 0.2) is 30.3 Å². The summed E-state index contributed by atoms with van der Waals surface area (Å²) in [6.07, 6.45) is -8.30. The van der Waals surface area contributed by atoms with Gasteiger partial charge in [-0.25, -0.2) is 9.59 Å². The maximum absolute atomic E-state index is 12.2. The minimum atomic E-state index is -5.14. The van der Waals surface area contributed by atoms with Gasteiger partial charge in [0.25, 0.3) is 6.10 Å². The van der Waals surface area contributed by atoms with Crippen molar-refractivity contribution in [3.05, 3.63) is 35.9 Å². The number of alkyl halides is 3. The van der Waals surface area contributed by atoms with Crippen molar-refractivity contribution in [1.29, 1.82) is 0 Å². The van der Waals surface area contributed by atoms with Crippen LogP contribution in [0.4, 0.5) is 13.2 Å². The Hall–Kier alpha value is -2.05. The fraction of sp³-hybridized carbons (Fsp3) is 0.200. The largest absolute Gasteiger partial charge is 0.478 e. The summed E-state index contributed by atoms with van der Waals surface area (Å²) in [4.78, 5) is 21.5. The molecule has 1 rings (SSSR count). The number of rotatable bonds is 3. The van der Waals surface area contributed by atoms with Crippen molar-refractivity contribution in [3.8, 4) is 0 Å². The third-order valence-electron chi connectivity index (χ3n) is 1.76. The third-order valence-corrected chi connectivity index (χ3v) is 1.76. The quantitative estimate of drug-likeness (QED) is 0.829. The smallest absolute Gasteiger partial charge is 0.436 e. The second kappa shape index (κ2) is 4.86. The predicted molar refractivity (Wildman–Crippen MR) is 49.3 cm³/mol. The predicted octanol–water partition coefficient (Wildman–Crippen LogP) is 1.86. The van der Waals surface area contributed by atoms with E-state index in [0.717, 1.165) is 0 Å². The molecule has 0 aliphatic carbocycles. The fourth-order valence-electron chi connectivity index (χ4n) is 1.01. The van der Waals surface area contributed by atoms with E-state index in [1.807, 2.05) is 0 Å². The van der Waals surface area contributed by atoms with Gasteiger partial charge >= 0.3 is 18.1 Å². The molecule has 92 valence electrons. The van der Waals surface area contributed by atoms with E-state index in [2.05, 4.69) is 4.74 Å². The van der Waals surface area contributed by atoms with E-state index in [1.54, 1.807) is 6.07 Å². The number of benzene rings is 1. The second-order valence-corrected chi connectivity index (χ2v) is 3.03. The van der Waals surface area contributed by atoms with Crippen molar-refractivity contribution < 1.29 is 32.6 Å². The van der Waals surface area contributed by atoms with Crippen molar-refractivity contribution in [1.82, 2.24) is 0 Å². The molecule has 1 aromatic rings. The Morgan fingerprint density at radius 1 is 1.18 bits per heavy atom. The number of carboxylic acid groups (broad SMARTS) is 1. The van der Waals surface area contributed by atoms with E-state index in [-0.39, 0.29) is 5.56 Å². The molecule has 0 heterocycles. The van der Waals surface area contributed by atoms with Crippen molar-refractivity contribution in [2.75, 3.05) is 0 Å². The molecule has 0 radical (unpaired) electrons. The first-order valence-electron chi connectivity index (χ1n) is 4.38. The number of carbonyl (C=O) groups is 2. The highest BCUT2D eigenvalue weighted by atomic mass is 19.4. The Morgan fingerprint density at radius 2 is 1.71 bits per heavy atom. The Bertz CT molecular complexity index is 413.